The zero-order valence-corrected chi connectivity index (χ0v) is 9.71. The van der Waals surface area contributed by atoms with Gasteiger partial charge >= 0.3 is 5.69 Å². The third-order valence-corrected chi connectivity index (χ3v) is 2.73. The van der Waals surface area contributed by atoms with E-state index in [2.05, 4.69) is 0 Å². The van der Waals surface area contributed by atoms with Gasteiger partial charge in [-0.25, -0.2) is 0 Å². The molecule has 0 saturated heterocycles. The van der Waals surface area contributed by atoms with Crippen LogP contribution in [-0.4, -0.2) is 16.1 Å². The fourth-order valence-corrected chi connectivity index (χ4v) is 1.75. The molecule has 3 N–H and O–H groups in total. The van der Waals surface area contributed by atoms with Crippen LogP contribution in [0, 0.1) is 10.1 Å². The zero-order chi connectivity index (χ0) is 12.7. The van der Waals surface area contributed by atoms with E-state index in [9.17, 15) is 10.1 Å². The lowest BCUT2D eigenvalue weighted by Crippen LogP contribution is -2.22. The van der Waals surface area contributed by atoms with Crippen LogP contribution in [0.3, 0.4) is 0 Å². The van der Waals surface area contributed by atoms with Crippen molar-refractivity contribution in [1.82, 2.24) is 0 Å². The molecule has 0 atom stereocenters. The smallest absolute Gasteiger partial charge is 0.310 e. The maximum absolute atomic E-state index is 10.1. The van der Waals surface area contributed by atoms with Crippen LogP contribution < -0.4 is 5.73 Å². The molecule has 0 aliphatic heterocycles. The molecule has 1 aliphatic rings. The van der Waals surface area contributed by atoms with Gasteiger partial charge in [0.25, 0.3) is 0 Å². The summed E-state index contributed by atoms with van der Waals surface area (Å²) in [7, 11) is 0. The zero-order valence-electron chi connectivity index (χ0n) is 9.71. The van der Waals surface area contributed by atoms with Gasteiger partial charge in [-0.2, -0.15) is 0 Å². The van der Waals surface area contributed by atoms with Crippen molar-refractivity contribution in [2.24, 2.45) is 5.73 Å². The molecule has 5 heteroatoms. The minimum Gasteiger partial charge on any atom is -0.502 e. The second kappa shape index (κ2) is 6.85. The van der Waals surface area contributed by atoms with Crippen molar-refractivity contribution in [2.75, 3.05) is 0 Å². The van der Waals surface area contributed by atoms with Crippen LogP contribution in [0.2, 0.25) is 0 Å². The molecular weight excluding hydrogens is 220 g/mol. The van der Waals surface area contributed by atoms with Gasteiger partial charge in [-0.15, -0.1) is 0 Å². The number of hydrogen-bond donors (Lipinski definition) is 2. The molecule has 1 fully saturated rings. The van der Waals surface area contributed by atoms with Gasteiger partial charge in [0.2, 0.25) is 0 Å². The number of nitro groups is 1. The Morgan fingerprint density at radius 3 is 2.18 bits per heavy atom. The van der Waals surface area contributed by atoms with Gasteiger partial charge in [0.1, 0.15) is 0 Å². The molecule has 94 valence electrons. The van der Waals surface area contributed by atoms with Gasteiger partial charge < -0.3 is 10.8 Å². The second-order valence-electron chi connectivity index (χ2n) is 4.14. The van der Waals surface area contributed by atoms with Crippen LogP contribution >= 0.6 is 0 Å². The van der Waals surface area contributed by atoms with E-state index in [-0.39, 0.29) is 11.4 Å². The van der Waals surface area contributed by atoms with Gasteiger partial charge in [0.05, 0.1) is 4.92 Å². The van der Waals surface area contributed by atoms with Crippen LogP contribution in [0.25, 0.3) is 0 Å². The summed E-state index contributed by atoms with van der Waals surface area (Å²) in [6.45, 7) is 0. The average molecular weight is 238 g/mol. The maximum atomic E-state index is 10.1. The maximum Gasteiger partial charge on any atom is 0.310 e. The molecule has 1 aromatic rings. The Balaban J connectivity index is 0.000000181. The first kappa shape index (κ1) is 13.4. The number of nitro benzene ring substituents is 1. The summed E-state index contributed by atoms with van der Waals surface area (Å²) in [5, 5.41) is 18.9. The minimum atomic E-state index is -0.630. The highest BCUT2D eigenvalue weighted by atomic mass is 16.6. The Bertz CT molecular complexity index is 363. The van der Waals surface area contributed by atoms with Crippen molar-refractivity contribution in [3.05, 3.63) is 34.4 Å². The molecule has 0 aromatic heterocycles. The normalized spacial score (nSPS) is 15.8. The van der Waals surface area contributed by atoms with Crippen molar-refractivity contribution < 1.29 is 10.0 Å². The Labute approximate surface area is 100 Å². The van der Waals surface area contributed by atoms with Crippen LogP contribution in [-0.2, 0) is 0 Å². The molecule has 0 bridgehead atoms. The standard InChI is InChI=1S/C6H5NO3.C6H13N/c8-6-4-2-1-3-5(6)7(9)10;7-6-4-2-1-3-5-6/h1-4,8H;6H,1-5,7H2. The van der Waals surface area contributed by atoms with Crippen LogP contribution in [0.15, 0.2) is 24.3 Å². The van der Waals surface area contributed by atoms with E-state index >= 15 is 0 Å². The lowest BCUT2D eigenvalue weighted by molar-refractivity contribution is -0.385. The predicted molar refractivity (Wildman–Crippen MR) is 65.8 cm³/mol. The summed E-state index contributed by atoms with van der Waals surface area (Å²) in [5.41, 5.74) is 5.37. The summed E-state index contributed by atoms with van der Waals surface area (Å²) in [4.78, 5) is 9.44. The Morgan fingerprint density at radius 1 is 1.24 bits per heavy atom. The quantitative estimate of drug-likeness (QED) is 0.581. The predicted octanol–water partition coefficient (Wildman–Crippen LogP) is 2.58. The number of nitrogens with zero attached hydrogens (tertiary/aromatic N) is 1. The van der Waals surface area contributed by atoms with Crippen LogP contribution in [0.5, 0.6) is 5.75 Å². The van der Waals surface area contributed by atoms with Crippen LogP contribution in [0.4, 0.5) is 5.69 Å². The monoisotopic (exact) mass is 238 g/mol. The van der Waals surface area contributed by atoms with Crippen molar-refractivity contribution in [3.63, 3.8) is 0 Å². The molecule has 1 saturated carbocycles. The molecule has 0 spiro atoms. The first-order valence-corrected chi connectivity index (χ1v) is 5.79. The Hall–Kier alpha value is -1.62. The molecule has 1 aliphatic carbocycles. The van der Waals surface area contributed by atoms with E-state index in [0.29, 0.717) is 6.04 Å². The number of hydrogen-bond acceptors (Lipinski definition) is 4. The third-order valence-electron chi connectivity index (χ3n) is 2.73. The summed E-state index contributed by atoms with van der Waals surface area (Å²) in [6, 6.07) is 6.09. The lowest BCUT2D eigenvalue weighted by atomic mass is 9.97. The van der Waals surface area contributed by atoms with Gasteiger partial charge in [-0.1, -0.05) is 31.4 Å². The molecule has 1 aromatic carbocycles. The summed E-state index contributed by atoms with van der Waals surface area (Å²) < 4.78 is 0. The molecule has 0 unspecified atom stereocenters. The highest BCUT2D eigenvalue weighted by Gasteiger charge is 2.09. The summed E-state index contributed by atoms with van der Waals surface area (Å²) in [5.74, 6) is -0.299. The minimum absolute atomic E-state index is 0.262. The molecule has 0 heterocycles. The number of rotatable bonds is 1. The molecule has 5 nitrogen and oxygen atoms in total. The molecule has 2 rings (SSSR count). The largest absolute Gasteiger partial charge is 0.502 e. The number of aromatic hydroxyl groups is 1. The first-order valence-electron chi connectivity index (χ1n) is 5.79. The fraction of sp³-hybridized carbons (Fsp3) is 0.500. The highest BCUT2D eigenvalue weighted by Crippen LogP contribution is 2.23. The van der Waals surface area contributed by atoms with E-state index in [1.807, 2.05) is 0 Å². The SMILES string of the molecule is NC1CCCCC1.O=[N+]([O-])c1ccccc1O. The molecule has 17 heavy (non-hydrogen) atoms. The summed E-state index contributed by atoms with van der Waals surface area (Å²) in [6.07, 6.45) is 6.66. The lowest BCUT2D eigenvalue weighted by Gasteiger charge is -2.15. The third kappa shape index (κ3) is 4.82. The van der Waals surface area contributed by atoms with E-state index in [0.717, 1.165) is 0 Å². The number of phenolic OH excluding ortho intramolecular Hbond substituents is 1. The topological polar surface area (TPSA) is 89.4 Å². The van der Waals surface area contributed by atoms with Gasteiger partial charge in [-0.05, 0) is 18.9 Å². The fourth-order valence-electron chi connectivity index (χ4n) is 1.75. The molecule has 0 amide bonds. The van der Waals surface area contributed by atoms with Gasteiger partial charge in [0, 0.05) is 12.1 Å². The van der Waals surface area contributed by atoms with E-state index in [1.165, 1.54) is 56.4 Å². The summed E-state index contributed by atoms with van der Waals surface area (Å²) >= 11 is 0. The number of benzene rings is 1. The van der Waals surface area contributed by atoms with E-state index in [4.69, 9.17) is 10.8 Å². The second-order valence-corrected chi connectivity index (χ2v) is 4.14. The first-order chi connectivity index (χ1) is 8.11. The number of phenols is 1. The number of nitrogens with two attached hydrogens (primary N) is 1. The van der Waals surface area contributed by atoms with E-state index in [1.54, 1.807) is 0 Å². The van der Waals surface area contributed by atoms with Crippen molar-refractivity contribution >= 4 is 5.69 Å². The van der Waals surface area contributed by atoms with Gasteiger partial charge in [-0.3, -0.25) is 10.1 Å². The van der Waals surface area contributed by atoms with Crippen molar-refractivity contribution in [3.8, 4) is 5.75 Å². The Kier molecular flexibility index (Phi) is 5.42. The van der Waals surface area contributed by atoms with Crippen molar-refractivity contribution in [1.29, 1.82) is 0 Å². The Morgan fingerprint density at radius 2 is 1.82 bits per heavy atom. The van der Waals surface area contributed by atoms with E-state index < -0.39 is 4.92 Å². The number of para-hydroxylation sites is 2. The highest BCUT2D eigenvalue weighted by molar-refractivity contribution is 5.44. The average Bonchev–Trinajstić information content (AvgIpc) is 2.31. The molecule has 0 radical (unpaired) electrons. The molecular formula is C12H18N2O3. The van der Waals surface area contributed by atoms with Crippen molar-refractivity contribution in [2.45, 2.75) is 38.1 Å². The van der Waals surface area contributed by atoms with Crippen LogP contribution in [0.1, 0.15) is 32.1 Å². The van der Waals surface area contributed by atoms with Gasteiger partial charge in [0.15, 0.2) is 5.75 Å².